The number of benzene rings is 1. The first-order chi connectivity index (χ1) is 7.03. The number of hydrogen-bond donors (Lipinski definition) is 2. The van der Waals surface area contributed by atoms with Crippen LogP contribution < -0.4 is 5.32 Å². The molecule has 1 aliphatic heterocycles. The molecule has 1 atom stereocenters. The second-order valence-electron chi connectivity index (χ2n) is 4.49. The molecular formula is C12H16BrNO. The Labute approximate surface area is 98.8 Å². The topological polar surface area (TPSA) is 32.3 Å². The summed E-state index contributed by atoms with van der Waals surface area (Å²) >= 11 is 3.39. The molecule has 1 heterocycles. The number of rotatable bonds is 1. The minimum atomic E-state index is 0.0704. The summed E-state index contributed by atoms with van der Waals surface area (Å²) in [5.41, 5.74) is 2.25. The van der Waals surface area contributed by atoms with Crippen molar-refractivity contribution in [3.63, 3.8) is 0 Å². The standard InChI is InChI=1S/C12H16BrNO/c1-8-6-9(7-10(13)11(8)15)12(2)4-3-5-14-12/h6-7,14-15H,3-5H2,1-2H3. The van der Waals surface area contributed by atoms with E-state index in [9.17, 15) is 5.11 Å². The van der Waals surface area contributed by atoms with Gasteiger partial charge in [0.2, 0.25) is 0 Å². The molecule has 0 radical (unpaired) electrons. The first-order valence-electron chi connectivity index (χ1n) is 5.27. The monoisotopic (exact) mass is 269 g/mol. The normalized spacial score (nSPS) is 25.8. The van der Waals surface area contributed by atoms with Crippen molar-refractivity contribution in [3.8, 4) is 5.75 Å². The molecular weight excluding hydrogens is 254 g/mol. The number of aryl methyl sites for hydroxylation is 1. The number of hydrogen-bond acceptors (Lipinski definition) is 2. The van der Waals surface area contributed by atoms with Crippen LogP contribution in [0.1, 0.15) is 30.9 Å². The Kier molecular flexibility index (Phi) is 2.77. The van der Waals surface area contributed by atoms with E-state index < -0.39 is 0 Å². The highest BCUT2D eigenvalue weighted by atomic mass is 79.9. The Balaban J connectivity index is 2.45. The first kappa shape index (κ1) is 11.0. The van der Waals surface area contributed by atoms with Crippen LogP contribution in [-0.2, 0) is 5.54 Å². The smallest absolute Gasteiger partial charge is 0.132 e. The number of halogens is 1. The molecule has 0 spiro atoms. The van der Waals surface area contributed by atoms with Crippen LogP contribution in [0.2, 0.25) is 0 Å². The van der Waals surface area contributed by atoms with Gasteiger partial charge < -0.3 is 10.4 Å². The molecule has 2 rings (SSSR count). The molecule has 3 heteroatoms. The van der Waals surface area contributed by atoms with E-state index in [1.54, 1.807) is 0 Å². The molecule has 0 aliphatic carbocycles. The van der Waals surface area contributed by atoms with Gasteiger partial charge >= 0.3 is 0 Å². The van der Waals surface area contributed by atoms with Crippen molar-refractivity contribution in [2.24, 2.45) is 0 Å². The second-order valence-corrected chi connectivity index (χ2v) is 5.34. The molecule has 1 aromatic rings. The van der Waals surface area contributed by atoms with Crippen LogP contribution in [0.3, 0.4) is 0 Å². The van der Waals surface area contributed by atoms with Crippen molar-refractivity contribution in [2.45, 2.75) is 32.2 Å². The van der Waals surface area contributed by atoms with Crippen LogP contribution >= 0.6 is 15.9 Å². The third-order valence-corrected chi connectivity index (χ3v) is 3.86. The first-order valence-corrected chi connectivity index (χ1v) is 6.07. The fourth-order valence-corrected chi connectivity index (χ4v) is 2.76. The molecule has 1 fully saturated rings. The van der Waals surface area contributed by atoms with Gasteiger partial charge in [-0.25, -0.2) is 0 Å². The lowest BCUT2D eigenvalue weighted by Crippen LogP contribution is -2.33. The summed E-state index contributed by atoms with van der Waals surface area (Å²) in [6, 6.07) is 4.08. The highest BCUT2D eigenvalue weighted by molar-refractivity contribution is 9.10. The second kappa shape index (κ2) is 3.80. The van der Waals surface area contributed by atoms with Gasteiger partial charge in [0.05, 0.1) is 4.47 Å². The molecule has 1 unspecified atom stereocenters. The Morgan fingerprint density at radius 3 is 2.73 bits per heavy atom. The van der Waals surface area contributed by atoms with Gasteiger partial charge in [0.15, 0.2) is 0 Å². The molecule has 0 bridgehead atoms. The van der Waals surface area contributed by atoms with Gasteiger partial charge in [-0.3, -0.25) is 0 Å². The van der Waals surface area contributed by atoms with Gasteiger partial charge in [-0.05, 0) is 66.4 Å². The van der Waals surface area contributed by atoms with Crippen molar-refractivity contribution < 1.29 is 5.11 Å². The zero-order valence-corrected chi connectivity index (χ0v) is 10.7. The molecule has 1 aliphatic rings. The van der Waals surface area contributed by atoms with Crippen molar-refractivity contribution >= 4 is 15.9 Å². The van der Waals surface area contributed by atoms with E-state index in [1.807, 2.05) is 13.0 Å². The lowest BCUT2D eigenvalue weighted by Gasteiger charge is -2.26. The highest BCUT2D eigenvalue weighted by Crippen LogP contribution is 2.36. The molecule has 0 amide bonds. The van der Waals surface area contributed by atoms with Crippen molar-refractivity contribution in [3.05, 3.63) is 27.7 Å². The maximum atomic E-state index is 9.69. The van der Waals surface area contributed by atoms with Gasteiger partial charge in [-0.2, -0.15) is 0 Å². The predicted octanol–water partition coefficient (Wildman–Crippen LogP) is 3.06. The maximum absolute atomic E-state index is 9.69. The molecule has 1 aromatic carbocycles. The van der Waals surface area contributed by atoms with Crippen LogP contribution in [-0.4, -0.2) is 11.7 Å². The van der Waals surface area contributed by atoms with Crippen LogP contribution in [0.4, 0.5) is 0 Å². The predicted molar refractivity (Wildman–Crippen MR) is 65.1 cm³/mol. The summed E-state index contributed by atoms with van der Waals surface area (Å²) in [5.74, 6) is 0.348. The van der Waals surface area contributed by atoms with Gasteiger partial charge in [-0.1, -0.05) is 6.07 Å². The third kappa shape index (κ3) is 1.91. The minimum absolute atomic E-state index is 0.0704. The average molecular weight is 270 g/mol. The van der Waals surface area contributed by atoms with E-state index in [0.29, 0.717) is 5.75 Å². The van der Waals surface area contributed by atoms with Gasteiger partial charge in [0, 0.05) is 5.54 Å². The number of phenolic OH excluding ortho intramolecular Hbond substituents is 1. The summed E-state index contributed by atoms with van der Waals surface area (Å²) < 4.78 is 0.785. The fraction of sp³-hybridized carbons (Fsp3) is 0.500. The van der Waals surface area contributed by atoms with E-state index in [2.05, 4.69) is 34.2 Å². The zero-order valence-electron chi connectivity index (χ0n) is 9.10. The maximum Gasteiger partial charge on any atom is 0.132 e. The lowest BCUT2D eigenvalue weighted by atomic mass is 9.89. The van der Waals surface area contributed by atoms with Crippen LogP contribution in [0.15, 0.2) is 16.6 Å². The van der Waals surface area contributed by atoms with E-state index in [0.717, 1.165) is 23.0 Å². The highest BCUT2D eigenvalue weighted by Gasteiger charge is 2.30. The number of nitrogens with one attached hydrogen (secondary N) is 1. The Hall–Kier alpha value is -0.540. The average Bonchev–Trinajstić information content (AvgIpc) is 2.62. The van der Waals surface area contributed by atoms with Gasteiger partial charge in [0.25, 0.3) is 0 Å². The van der Waals surface area contributed by atoms with E-state index in [1.165, 1.54) is 12.0 Å². The van der Waals surface area contributed by atoms with E-state index >= 15 is 0 Å². The van der Waals surface area contributed by atoms with Crippen molar-refractivity contribution in [2.75, 3.05) is 6.54 Å². The largest absolute Gasteiger partial charge is 0.506 e. The summed E-state index contributed by atoms with van der Waals surface area (Å²) in [6.45, 7) is 5.23. The zero-order chi connectivity index (χ0) is 11.1. The Morgan fingerprint density at radius 1 is 1.47 bits per heavy atom. The minimum Gasteiger partial charge on any atom is -0.506 e. The third-order valence-electron chi connectivity index (χ3n) is 3.26. The molecule has 0 aromatic heterocycles. The lowest BCUT2D eigenvalue weighted by molar-refractivity contribution is 0.430. The number of phenols is 1. The quantitative estimate of drug-likeness (QED) is 0.822. The van der Waals surface area contributed by atoms with Crippen molar-refractivity contribution in [1.82, 2.24) is 5.32 Å². The SMILES string of the molecule is Cc1cc(C2(C)CCCN2)cc(Br)c1O. The molecule has 82 valence electrons. The van der Waals surface area contributed by atoms with E-state index in [4.69, 9.17) is 0 Å². The summed E-state index contributed by atoms with van der Waals surface area (Å²) in [5, 5.41) is 13.2. The molecule has 2 nitrogen and oxygen atoms in total. The summed E-state index contributed by atoms with van der Waals surface area (Å²) in [6.07, 6.45) is 2.37. The van der Waals surface area contributed by atoms with Crippen LogP contribution in [0.5, 0.6) is 5.75 Å². The number of aromatic hydroxyl groups is 1. The van der Waals surface area contributed by atoms with Crippen LogP contribution in [0, 0.1) is 6.92 Å². The van der Waals surface area contributed by atoms with Crippen molar-refractivity contribution in [1.29, 1.82) is 0 Å². The molecule has 2 N–H and O–H groups in total. The molecule has 1 saturated heterocycles. The van der Waals surface area contributed by atoms with Gasteiger partial charge in [0.1, 0.15) is 5.75 Å². The molecule has 0 saturated carbocycles. The Bertz CT molecular complexity index is 360. The van der Waals surface area contributed by atoms with Crippen LogP contribution in [0.25, 0.3) is 0 Å². The summed E-state index contributed by atoms with van der Waals surface area (Å²) in [4.78, 5) is 0. The fourth-order valence-electron chi connectivity index (χ4n) is 2.20. The molecule has 15 heavy (non-hydrogen) atoms. The Morgan fingerprint density at radius 2 is 2.20 bits per heavy atom. The summed E-state index contributed by atoms with van der Waals surface area (Å²) in [7, 11) is 0. The van der Waals surface area contributed by atoms with Gasteiger partial charge in [-0.15, -0.1) is 0 Å². The van der Waals surface area contributed by atoms with E-state index in [-0.39, 0.29) is 5.54 Å².